The number of nitrogens with zero attached hydrogens (tertiary/aromatic N) is 6. The first-order valence-electron chi connectivity index (χ1n) is 13.9. The molecule has 4 rings (SSSR count). The fourth-order valence-electron chi connectivity index (χ4n) is 5.40. The number of hydrogen-bond acceptors (Lipinski definition) is 12. The Morgan fingerprint density at radius 2 is 1.93 bits per heavy atom. The third-order valence-electron chi connectivity index (χ3n) is 7.49. The number of nitrogens with one attached hydrogen (secondary N) is 1. The summed E-state index contributed by atoms with van der Waals surface area (Å²) in [6.45, 7) is 6.09. The number of anilines is 1. The molecule has 2 saturated heterocycles. The topological polar surface area (TPSA) is 166 Å². The quantitative estimate of drug-likeness (QED) is 0.253. The first kappa shape index (κ1) is 30.2. The molecule has 1 aromatic rings. The number of piperazine rings is 1. The minimum Gasteiger partial charge on any atom is -0.465 e. The summed E-state index contributed by atoms with van der Waals surface area (Å²) >= 11 is 0. The Morgan fingerprint density at radius 1 is 1.12 bits per heavy atom. The van der Waals surface area contributed by atoms with Gasteiger partial charge in [-0.25, -0.2) is 4.79 Å². The molecule has 4 heterocycles. The summed E-state index contributed by atoms with van der Waals surface area (Å²) < 4.78 is 22.8. The monoisotopic (exact) mass is 563 g/mol. The number of hydrogen-bond donors (Lipinski definition) is 3. The van der Waals surface area contributed by atoms with Crippen molar-refractivity contribution in [3.63, 3.8) is 0 Å². The van der Waals surface area contributed by atoms with Crippen molar-refractivity contribution >= 4 is 11.9 Å². The van der Waals surface area contributed by atoms with Gasteiger partial charge < -0.3 is 44.3 Å². The molecule has 3 N–H and O–H groups in total. The van der Waals surface area contributed by atoms with Crippen molar-refractivity contribution in [3.8, 4) is 12.1 Å². The van der Waals surface area contributed by atoms with Gasteiger partial charge in [-0.05, 0) is 26.4 Å². The first-order chi connectivity index (χ1) is 19.5. The number of nitriles is 1. The second kappa shape index (κ2) is 15.3. The van der Waals surface area contributed by atoms with E-state index in [1.165, 1.54) is 4.90 Å². The molecule has 3 aliphatic heterocycles. The van der Waals surface area contributed by atoms with E-state index in [-0.39, 0.29) is 25.2 Å². The van der Waals surface area contributed by atoms with Crippen LogP contribution in [0.1, 0.15) is 24.1 Å². The zero-order valence-electron chi connectivity index (χ0n) is 23.2. The standard InChI is InChI=1S/C26H41N7O7/c1-31-17-21(39-13-12-38-11-10-37-9-8-34)14-20(31)18-40-25-29-23-15-28-5-3-22(23)24(30-25)32-6-7-33(26(35)36)19(16-32)2-4-27/h19-21,28,34H,2-3,5-18H2,1H3,(H,35,36)/t19?,20-,21+/m0/s1. The van der Waals surface area contributed by atoms with Crippen LogP contribution in [0, 0.1) is 11.3 Å². The summed E-state index contributed by atoms with van der Waals surface area (Å²) in [5.74, 6) is 0.775. The summed E-state index contributed by atoms with van der Waals surface area (Å²) in [5.41, 5.74) is 1.95. The summed E-state index contributed by atoms with van der Waals surface area (Å²) in [6.07, 6.45) is 0.805. The highest BCUT2D eigenvalue weighted by atomic mass is 16.5. The third kappa shape index (κ3) is 8.12. The molecule has 0 saturated carbocycles. The van der Waals surface area contributed by atoms with E-state index >= 15 is 0 Å². The van der Waals surface area contributed by atoms with Gasteiger partial charge in [0.1, 0.15) is 12.4 Å². The van der Waals surface area contributed by atoms with Crippen LogP contribution in [0.15, 0.2) is 0 Å². The fraction of sp³-hybridized carbons (Fsp3) is 0.769. The third-order valence-corrected chi connectivity index (χ3v) is 7.49. The molecule has 0 bridgehead atoms. The minimum atomic E-state index is -1.00. The number of aliphatic hydroxyl groups excluding tert-OH is 1. The molecular weight excluding hydrogens is 522 g/mol. The molecule has 222 valence electrons. The van der Waals surface area contributed by atoms with Crippen LogP contribution in [0.5, 0.6) is 6.01 Å². The maximum absolute atomic E-state index is 11.7. The molecular formula is C26H41N7O7. The summed E-state index contributed by atoms with van der Waals surface area (Å²) in [5, 5.41) is 30.9. The van der Waals surface area contributed by atoms with Gasteiger partial charge in [-0.3, -0.25) is 4.90 Å². The van der Waals surface area contributed by atoms with Crippen LogP contribution < -0.4 is 15.0 Å². The predicted molar refractivity (Wildman–Crippen MR) is 143 cm³/mol. The molecule has 40 heavy (non-hydrogen) atoms. The first-order valence-corrected chi connectivity index (χ1v) is 13.9. The molecule has 3 aliphatic rings. The van der Waals surface area contributed by atoms with E-state index in [9.17, 15) is 15.2 Å². The van der Waals surface area contributed by atoms with Gasteiger partial charge in [-0.1, -0.05) is 0 Å². The molecule has 0 spiro atoms. The molecule has 0 radical (unpaired) electrons. The van der Waals surface area contributed by atoms with Crippen molar-refractivity contribution < 1.29 is 34.0 Å². The number of aliphatic hydroxyl groups is 1. The number of rotatable bonds is 14. The molecule has 0 aliphatic carbocycles. The van der Waals surface area contributed by atoms with Crippen LogP contribution >= 0.6 is 0 Å². The SMILES string of the molecule is CN1C[C@H](OCCOCCOCCO)C[C@H]1COc1nc2c(c(N3CCN(C(=O)O)C(CC#N)C3)n1)CCNC2. The average molecular weight is 564 g/mol. The van der Waals surface area contributed by atoms with Gasteiger partial charge in [0.2, 0.25) is 0 Å². The second-order valence-corrected chi connectivity index (χ2v) is 10.2. The molecule has 1 amide bonds. The van der Waals surface area contributed by atoms with Gasteiger partial charge in [-0.2, -0.15) is 15.2 Å². The minimum absolute atomic E-state index is 0.00974. The number of amides is 1. The van der Waals surface area contributed by atoms with Gasteiger partial charge in [0.25, 0.3) is 0 Å². The summed E-state index contributed by atoms with van der Waals surface area (Å²) in [6, 6.07) is 2.17. The molecule has 3 atom stereocenters. The Hall–Kier alpha value is -2.80. The smallest absolute Gasteiger partial charge is 0.407 e. The fourth-order valence-corrected chi connectivity index (χ4v) is 5.40. The highest BCUT2D eigenvalue weighted by Gasteiger charge is 2.34. The van der Waals surface area contributed by atoms with Gasteiger partial charge in [0.05, 0.1) is 70.0 Å². The highest BCUT2D eigenvalue weighted by Crippen LogP contribution is 2.29. The summed E-state index contributed by atoms with van der Waals surface area (Å²) in [7, 11) is 2.05. The van der Waals surface area contributed by atoms with E-state index in [1.54, 1.807) is 0 Å². The zero-order valence-corrected chi connectivity index (χ0v) is 23.2. The van der Waals surface area contributed by atoms with Gasteiger partial charge in [-0.15, -0.1) is 0 Å². The Bertz CT molecular complexity index is 1010. The lowest BCUT2D eigenvalue weighted by atomic mass is 10.0. The molecule has 2 fully saturated rings. The van der Waals surface area contributed by atoms with Crippen molar-refractivity contribution in [1.29, 1.82) is 5.26 Å². The van der Waals surface area contributed by atoms with E-state index in [0.29, 0.717) is 71.8 Å². The van der Waals surface area contributed by atoms with Gasteiger partial charge in [0.15, 0.2) is 0 Å². The van der Waals surface area contributed by atoms with Gasteiger partial charge >= 0.3 is 12.1 Å². The molecule has 14 nitrogen and oxygen atoms in total. The number of carboxylic acid groups (broad SMARTS) is 1. The number of fused-ring (bicyclic) bond motifs is 1. The Labute approximate surface area is 234 Å². The lowest BCUT2D eigenvalue weighted by molar-refractivity contribution is -0.0113. The number of ether oxygens (including phenoxy) is 4. The number of likely N-dealkylation sites (N-methyl/N-ethyl adjacent to an activating group) is 1. The van der Waals surface area contributed by atoms with Crippen molar-refractivity contribution in [2.45, 2.75) is 44.0 Å². The lowest BCUT2D eigenvalue weighted by Gasteiger charge is -2.40. The van der Waals surface area contributed by atoms with E-state index in [2.05, 4.69) is 21.2 Å². The molecule has 1 unspecified atom stereocenters. The maximum Gasteiger partial charge on any atom is 0.407 e. The number of likely N-dealkylation sites (tertiary alicyclic amines) is 1. The average Bonchev–Trinajstić information content (AvgIpc) is 3.31. The van der Waals surface area contributed by atoms with E-state index in [1.807, 2.05) is 7.05 Å². The largest absolute Gasteiger partial charge is 0.465 e. The van der Waals surface area contributed by atoms with Crippen LogP contribution in [-0.2, 0) is 27.2 Å². The Morgan fingerprint density at radius 3 is 2.70 bits per heavy atom. The maximum atomic E-state index is 11.7. The predicted octanol–water partition coefficient (Wildman–Crippen LogP) is -0.302. The Kier molecular flexibility index (Phi) is 11.5. The normalized spacial score (nSPS) is 23.2. The molecule has 0 aromatic carbocycles. The van der Waals surface area contributed by atoms with Crippen LogP contribution in [0.3, 0.4) is 0 Å². The number of aromatic nitrogens is 2. The van der Waals surface area contributed by atoms with Crippen molar-refractivity contribution in [2.75, 3.05) is 90.9 Å². The molecule has 1 aromatic heterocycles. The second-order valence-electron chi connectivity index (χ2n) is 10.2. The van der Waals surface area contributed by atoms with E-state index in [4.69, 9.17) is 34.0 Å². The van der Waals surface area contributed by atoms with Crippen LogP contribution in [-0.4, -0.2) is 140 Å². The van der Waals surface area contributed by atoms with E-state index < -0.39 is 12.1 Å². The van der Waals surface area contributed by atoms with Crippen LogP contribution in [0.25, 0.3) is 0 Å². The van der Waals surface area contributed by atoms with Crippen molar-refractivity contribution in [2.24, 2.45) is 0 Å². The highest BCUT2D eigenvalue weighted by molar-refractivity contribution is 5.66. The van der Waals surface area contributed by atoms with Gasteiger partial charge in [0, 0.05) is 44.3 Å². The zero-order chi connectivity index (χ0) is 28.3. The summed E-state index contributed by atoms with van der Waals surface area (Å²) in [4.78, 5) is 26.8. The van der Waals surface area contributed by atoms with Crippen molar-refractivity contribution in [3.05, 3.63) is 11.3 Å². The van der Waals surface area contributed by atoms with Crippen LogP contribution in [0.2, 0.25) is 0 Å². The Balaban J connectivity index is 1.32. The van der Waals surface area contributed by atoms with E-state index in [0.717, 1.165) is 43.0 Å². The lowest BCUT2D eigenvalue weighted by Crippen LogP contribution is -2.55. The molecule has 14 heteroatoms. The number of carbonyl (C=O) groups is 1. The van der Waals surface area contributed by atoms with Crippen molar-refractivity contribution in [1.82, 2.24) is 25.1 Å². The van der Waals surface area contributed by atoms with Crippen LogP contribution in [0.4, 0.5) is 10.6 Å².